The van der Waals surface area contributed by atoms with Gasteiger partial charge in [-0.25, -0.2) is 8.42 Å². The molecule has 0 N–H and O–H groups in total. The Morgan fingerprint density at radius 2 is 2.19 bits per heavy atom. The molecule has 1 aromatic heterocycles. The zero-order valence-corrected chi connectivity index (χ0v) is 10.6. The maximum atomic E-state index is 11.1. The van der Waals surface area contributed by atoms with Gasteiger partial charge < -0.3 is 0 Å². The van der Waals surface area contributed by atoms with Gasteiger partial charge in [0.05, 0.1) is 5.75 Å². The normalized spacial score (nSPS) is 11.2. The van der Waals surface area contributed by atoms with Crippen LogP contribution in [0, 0.1) is 0 Å². The van der Waals surface area contributed by atoms with Crippen LogP contribution in [0.25, 0.3) is 0 Å². The van der Waals surface area contributed by atoms with Gasteiger partial charge in [0.1, 0.15) is 0 Å². The van der Waals surface area contributed by atoms with Gasteiger partial charge in [-0.15, -0.1) is 0 Å². The first kappa shape index (κ1) is 13.3. The predicted molar refractivity (Wildman–Crippen MR) is 69.2 cm³/mol. The van der Waals surface area contributed by atoms with E-state index in [1.54, 1.807) is 18.0 Å². The summed E-state index contributed by atoms with van der Waals surface area (Å²) in [6.07, 6.45) is 2.64. The smallest absolute Gasteiger partial charge is 0.171 e. The van der Waals surface area contributed by atoms with Crippen molar-refractivity contribution in [2.45, 2.75) is 6.42 Å². The molecular formula is C11H15NO2S2. The maximum absolute atomic E-state index is 11.1. The Kier molecular flexibility index (Phi) is 5.55. The van der Waals surface area contributed by atoms with Crippen molar-refractivity contribution in [3.63, 3.8) is 0 Å². The van der Waals surface area contributed by atoms with Crippen LogP contribution in [-0.4, -0.2) is 30.7 Å². The van der Waals surface area contributed by atoms with Crippen LogP contribution in [0.1, 0.15) is 5.69 Å². The second kappa shape index (κ2) is 6.70. The first-order valence-corrected chi connectivity index (χ1v) is 7.84. The molecule has 0 radical (unpaired) electrons. The minimum Gasteiger partial charge on any atom is -0.261 e. The number of hydrogen-bond acceptors (Lipinski definition) is 4. The van der Waals surface area contributed by atoms with Crippen molar-refractivity contribution < 1.29 is 8.42 Å². The van der Waals surface area contributed by atoms with Gasteiger partial charge in [-0.05, 0) is 24.3 Å². The number of aryl methyl sites for hydroxylation is 1. The van der Waals surface area contributed by atoms with Crippen molar-refractivity contribution in [3.8, 4) is 0 Å². The van der Waals surface area contributed by atoms with E-state index in [-0.39, 0.29) is 5.75 Å². The number of aromatic nitrogens is 1. The summed E-state index contributed by atoms with van der Waals surface area (Å²) in [6.45, 7) is 3.27. The fraction of sp³-hybridized carbons (Fsp3) is 0.364. The van der Waals surface area contributed by atoms with Crippen molar-refractivity contribution in [1.29, 1.82) is 0 Å². The summed E-state index contributed by atoms with van der Waals surface area (Å²) in [5.74, 6) is 1.67. The molecule has 0 saturated heterocycles. The Balaban J connectivity index is 2.16. The first-order valence-electron chi connectivity index (χ1n) is 4.97. The van der Waals surface area contributed by atoms with E-state index < -0.39 is 9.84 Å². The second-order valence-electron chi connectivity index (χ2n) is 3.22. The SMILES string of the molecule is C=CS(=O)(=O)CCSCCc1ccccn1. The molecule has 0 aliphatic heterocycles. The average molecular weight is 257 g/mol. The van der Waals surface area contributed by atoms with Crippen molar-refractivity contribution in [3.05, 3.63) is 42.1 Å². The number of sulfone groups is 1. The highest BCUT2D eigenvalue weighted by molar-refractivity contribution is 8.01. The maximum Gasteiger partial charge on any atom is 0.171 e. The Morgan fingerprint density at radius 3 is 2.81 bits per heavy atom. The van der Waals surface area contributed by atoms with Gasteiger partial charge in [0.25, 0.3) is 0 Å². The molecule has 0 amide bonds. The van der Waals surface area contributed by atoms with Crippen LogP contribution in [0.3, 0.4) is 0 Å². The molecule has 0 saturated carbocycles. The molecule has 0 aromatic carbocycles. The topological polar surface area (TPSA) is 47.0 Å². The molecule has 1 rings (SSSR count). The van der Waals surface area contributed by atoms with E-state index >= 15 is 0 Å². The molecule has 5 heteroatoms. The lowest BCUT2D eigenvalue weighted by Gasteiger charge is -2.00. The Hall–Kier alpha value is -0.810. The lowest BCUT2D eigenvalue weighted by atomic mass is 10.3. The van der Waals surface area contributed by atoms with Gasteiger partial charge in [-0.1, -0.05) is 12.6 Å². The summed E-state index contributed by atoms with van der Waals surface area (Å²) in [7, 11) is -3.04. The summed E-state index contributed by atoms with van der Waals surface area (Å²) < 4.78 is 22.2. The highest BCUT2D eigenvalue weighted by Crippen LogP contribution is 2.06. The van der Waals surface area contributed by atoms with E-state index in [1.807, 2.05) is 18.2 Å². The molecule has 0 atom stereocenters. The summed E-state index contributed by atoms with van der Waals surface area (Å²) in [6, 6.07) is 5.81. The van der Waals surface area contributed by atoms with Gasteiger partial charge in [0.15, 0.2) is 9.84 Å². The molecule has 0 unspecified atom stereocenters. The fourth-order valence-electron chi connectivity index (χ4n) is 1.08. The van der Waals surface area contributed by atoms with Gasteiger partial charge in [-0.2, -0.15) is 11.8 Å². The molecular weight excluding hydrogens is 242 g/mol. The van der Waals surface area contributed by atoms with Crippen molar-refractivity contribution in [2.24, 2.45) is 0 Å². The Morgan fingerprint density at radius 1 is 1.38 bits per heavy atom. The van der Waals surface area contributed by atoms with Crippen LogP contribution < -0.4 is 0 Å². The van der Waals surface area contributed by atoms with Gasteiger partial charge in [0, 0.05) is 23.1 Å². The van der Waals surface area contributed by atoms with Crippen molar-refractivity contribution in [2.75, 3.05) is 17.3 Å². The molecule has 0 spiro atoms. The molecule has 0 bridgehead atoms. The standard InChI is InChI=1S/C11H15NO2S2/c1-2-16(13,14)10-9-15-8-6-11-5-3-4-7-12-11/h2-5,7H,1,6,8-10H2. The molecule has 88 valence electrons. The lowest BCUT2D eigenvalue weighted by molar-refractivity contribution is 0.606. The quantitative estimate of drug-likeness (QED) is 0.700. The third-order valence-electron chi connectivity index (χ3n) is 1.99. The lowest BCUT2D eigenvalue weighted by Crippen LogP contribution is -2.04. The summed E-state index contributed by atoms with van der Waals surface area (Å²) >= 11 is 1.62. The van der Waals surface area contributed by atoms with Crippen LogP contribution in [0.5, 0.6) is 0 Å². The molecule has 3 nitrogen and oxygen atoms in total. The van der Waals surface area contributed by atoms with E-state index in [9.17, 15) is 8.42 Å². The molecule has 1 aromatic rings. The van der Waals surface area contributed by atoms with Crippen LogP contribution in [0.4, 0.5) is 0 Å². The van der Waals surface area contributed by atoms with Crippen LogP contribution in [-0.2, 0) is 16.3 Å². The number of rotatable bonds is 7. The number of hydrogen-bond donors (Lipinski definition) is 0. The average Bonchev–Trinajstić information content (AvgIpc) is 2.30. The van der Waals surface area contributed by atoms with Crippen molar-refractivity contribution in [1.82, 2.24) is 4.98 Å². The highest BCUT2D eigenvalue weighted by atomic mass is 32.2. The van der Waals surface area contributed by atoms with Crippen LogP contribution in [0.2, 0.25) is 0 Å². The third-order valence-corrected chi connectivity index (χ3v) is 4.52. The predicted octanol–water partition coefficient (Wildman–Crippen LogP) is 1.92. The van der Waals surface area contributed by atoms with E-state index in [4.69, 9.17) is 0 Å². The van der Waals surface area contributed by atoms with Gasteiger partial charge in [-0.3, -0.25) is 4.98 Å². The largest absolute Gasteiger partial charge is 0.261 e. The zero-order chi connectivity index (χ0) is 11.9. The molecule has 0 aliphatic rings. The van der Waals surface area contributed by atoms with Gasteiger partial charge >= 0.3 is 0 Å². The monoisotopic (exact) mass is 257 g/mol. The minimum atomic E-state index is -3.04. The first-order chi connectivity index (χ1) is 7.64. The summed E-state index contributed by atoms with van der Waals surface area (Å²) in [5, 5.41) is 1.02. The van der Waals surface area contributed by atoms with E-state index in [2.05, 4.69) is 11.6 Å². The molecule has 0 aliphatic carbocycles. The zero-order valence-electron chi connectivity index (χ0n) is 9.00. The van der Waals surface area contributed by atoms with E-state index in [0.717, 1.165) is 23.3 Å². The van der Waals surface area contributed by atoms with Crippen LogP contribution in [0.15, 0.2) is 36.4 Å². The minimum absolute atomic E-state index is 0.170. The van der Waals surface area contributed by atoms with Crippen molar-refractivity contribution >= 4 is 21.6 Å². The third kappa shape index (κ3) is 5.32. The number of nitrogens with zero attached hydrogens (tertiary/aromatic N) is 1. The Bertz CT molecular complexity index is 415. The fourth-order valence-corrected chi connectivity index (χ4v) is 3.21. The number of pyridine rings is 1. The Labute approximate surface area is 101 Å². The van der Waals surface area contributed by atoms with Crippen LogP contribution >= 0.6 is 11.8 Å². The molecule has 16 heavy (non-hydrogen) atoms. The van der Waals surface area contributed by atoms with E-state index in [0.29, 0.717) is 5.75 Å². The second-order valence-corrected chi connectivity index (χ2v) is 6.51. The van der Waals surface area contributed by atoms with E-state index in [1.165, 1.54) is 0 Å². The van der Waals surface area contributed by atoms with Gasteiger partial charge in [0.2, 0.25) is 0 Å². The highest BCUT2D eigenvalue weighted by Gasteiger charge is 2.03. The summed E-state index contributed by atoms with van der Waals surface area (Å²) in [5.41, 5.74) is 1.04. The summed E-state index contributed by atoms with van der Waals surface area (Å²) in [4.78, 5) is 4.19. The molecule has 0 fully saturated rings. The molecule has 1 heterocycles. The number of thioether (sulfide) groups is 1.